The first kappa shape index (κ1) is 14.0. The van der Waals surface area contributed by atoms with E-state index in [4.69, 9.17) is 10.5 Å². The molecule has 0 aromatic heterocycles. The Hall–Kier alpha value is -1.11. The monoisotopic (exact) mass is 301 g/mol. The Morgan fingerprint density at radius 1 is 1.59 bits per heavy atom. The van der Waals surface area contributed by atoms with Crippen molar-refractivity contribution in [1.82, 2.24) is 10.9 Å². The molecule has 0 aliphatic heterocycles. The molecule has 1 rings (SSSR count). The number of hydrazine groups is 1. The summed E-state index contributed by atoms with van der Waals surface area (Å²) in [5.41, 5.74) is 11.9. The minimum absolute atomic E-state index is 0.146. The Balaban J connectivity index is 2.72. The molecule has 0 aliphatic rings. The van der Waals surface area contributed by atoms with Crippen LogP contribution in [0.15, 0.2) is 22.7 Å². The smallest absolute Gasteiger partial charge is 0.235 e. The second-order valence-corrected chi connectivity index (χ2v) is 4.36. The van der Waals surface area contributed by atoms with E-state index in [1.54, 1.807) is 14.2 Å². The summed E-state index contributed by atoms with van der Waals surface area (Å²) in [5, 5.41) is 0. The first-order chi connectivity index (χ1) is 8.08. The van der Waals surface area contributed by atoms with E-state index in [1.165, 1.54) is 0 Å². The maximum atomic E-state index is 11.3. The minimum Gasteiger partial charge on any atom is -0.496 e. The maximum absolute atomic E-state index is 11.3. The number of carbonyl (C=O) groups is 1. The third-order valence-corrected chi connectivity index (χ3v) is 2.89. The Bertz CT molecular complexity index is 398. The molecule has 6 heteroatoms. The zero-order valence-electron chi connectivity index (χ0n) is 9.79. The third-order valence-electron chi connectivity index (χ3n) is 2.27. The standard InChI is InChI=1S/C11H16BrN3O2/c1-14-15-11(16)6-9(13)7-3-4-10(17-2)8(12)5-7/h3-5,9,14H,6,13H2,1-2H3,(H,15,16). The van der Waals surface area contributed by atoms with E-state index < -0.39 is 0 Å². The number of benzene rings is 1. The topological polar surface area (TPSA) is 76.4 Å². The first-order valence-corrected chi connectivity index (χ1v) is 5.92. The van der Waals surface area contributed by atoms with Gasteiger partial charge in [0.1, 0.15) is 5.75 Å². The van der Waals surface area contributed by atoms with Crippen LogP contribution in [0, 0.1) is 0 Å². The average molecular weight is 302 g/mol. The molecule has 0 bridgehead atoms. The van der Waals surface area contributed by atoms with Crippen LogP contribution < -0.4 is 21.3 Å². The van der Waals surface area contributed by atoms with Crippen molar-refractivity contribution in [2.75, 3.05) is 14.2 Å². The highest BCUT2D eigenvalue weighted by molar-refractivity contribution is 9.10. The molecule has 0 saturated carbocycles. The summed E-state index contributed by atoms with van der Waals surface area (Å²) in [6.07, 6.45) is 0.222. The lowest BCUT2D eigenvalue weighted by Gasteiger charge is -2.13. The van der Waals surface area contributed by atoms with Crippen LogP contribution in [0.1, 0.15) is 18.0 Å². The van der Waals surface area contributed by atoms with Crippen LogP contribution >= 0.6 is 15.9 Å². The molecule has 94 valence electrons. The zero-order valence-corrected chi connectivity index (χ0v) is 11.4. The van der Waals surface area contributed by atoms with Crippen LogP contribution in [-0.2, 0) is 4.79 Å². The van der Waals surface area contributed by atoms with Gasteiger partial charge in [0.05, 0.1) is 11.6 Å². The van der Waals surface area contributed by atoms with Gasteiger partial charge in [-0.1, -0.05) is 6.07 Å². The van der Waals surface area contributed by atoms with Crippen molar-refractivity contribution in [3.63, 3.8) is 0 Å². The summed E-state index contributed by atoms with van der Waals surface area (Å²) in [4.78, 5) is 11.3. The molecule has 0 spiro atoms. The molecule has 5 nitrogen and oxygen atoms in total. The van der Waals surface area contributed by atoms with Gasteiger partial charge in [0.25, 0.3) is 0 Å². The Morgan fingerprint density at radius 2 is 2.29 bits per heavy atom. The summed E-state index contributed by atoms with van der Waals surface area (Å²) in [5.74, 6) is 0.590. The van der Waals surface area contributed by atoms with Crippen LogP contribution in [0.2, 0.25) is 0 Å². The molecule has 1 aromatic rings. The van der Waals surface area contributed by atoms with Crippen molar-refractivity contribution in [1.29, 1.82) is 0 Å². The van der Waals surface area contributed by atoms with Gasteiger partial charge in [0.15, 0.2) is 0 Å². The van der Waals surface area contributed by atoms with Gasteiger partial charge in [0.2, 0.25) is 5.91 Å². The van der Waals surface area contributed by atoms with Crippen molar-refractivity contribution in [3.8, 4) is 5.75 Å². The average Bonchev–Trinajstić information content (AvgIpc) is 2.29. The summed E-state index contributed by atoms with van der Waals surface area (Å²) >= 11 is 3.38. The number of nitrogens with two attached hydrogens (primary N) is 1. The second-order valence-electron chi connectivity index (χ2n) is 3.50. The summed E-state index contributed by atoms with van der Waals surface area (Å²) in [6.45, 7) is 0. The Labute approximate surface area is 109 Å². The van der Waals surface area contributed by atoms with E-state index in [1.807, 2.05) is 18.2 Å². The first-order valence-electron chi connectivity index (χ1n) is 5.13. The highest BCUT2D eigenvalue weighted by Crippen LogP contribution is 2.28. The fourth-order valence-corrected chi connectivity index (χ4v) is 1.98. The number of halogens is 1. The number of nitrogens with one attached hydrogen (secondary N) is 2. The highest BCUT2D eigenvalue weighted by atomic mass is 79.9. The Kier molecular flexibility index (Phi) is 5.40. The molecule has 1 amide bonds. The second kappa shape index (κ2) is 6.58. The summed E-state index contributed by atoms with van der Waals surface area (Å²) in [6, 6.07) is 5.18. The number of rotatable bonds is 5. The molecular weight excluding hydrogens is 286 g/mol. The maximum Gasteiger partial charge on any atom is 0.235 e. The SMILES string of the molecule is CNNC(=O)CC(N)c1ccc(OC)c(Br)c1. The van der Waals surface area contributed by atoms with E-state index in [-0.39, 0.29) is 18.4 Å². The number of hydrogen-bond acceptors (Lipinski definition) is 4. The van der Waals surface area contributed by atoms with Gasteiger partial charge in [-0.05, 0) is 33.6 Å². The minimum atomic E-state index is -0.342. The molecule has 0 saturated heterocycles. The van der Waals surface area contributed by atoms with Crippen LogP contribution in [0.3, 0.4) is 0 Å². The molecule has 1 unspecified atom stereocenters. The van der Waals surface area contributed by atoms with Crippen LogP contribution in [-0.4, -0.2) is 20.1 Å². The quantitative estimate of drug-likeness (QED) is 0.712. The molecule has 0 radical (unpaired) electrons. The lowest BCUT2D eigenvalue weighted by Crippen LogP contribution is -2.36. The van der Waals surface area contributed by atoms with E-state index in [0.717, 1.165) is 15.8 Å². The van der Waals surface area contributed by atoms with Gasteiger partial charge in [-0.2, -0.15) is 0 Å². The number of ether oxygens (including phenoxy) is 1. The van der Waals surface area contributed by atoms with Gasteiger partial charge in [-0.25, -0.2) is 5.43 Å². The zero-order chi connectivity index (χ0) is 12.8. The molecular formula is C11H16BrN3O2. The van der Waals surface area contributed by atoms with E-state index in [0.29, 0.717) is 0 Å². The van der Waals surface area contributed by atoms with Crippen molar-refractivity contribution in [2.45, 2.75) is 12.5 Å². The van der Waals surface area contributed by atoms with Crippen molar-refractivity contribution in [3.05, 3.63) is 28.2 Å². The predicted molar refractivity (Wildman–Crippen MR) is 69.4 cm³/mol. The van der Waals surface area contributed by atoms with Crippen LogP contribution in [0.25, 0.3) is 0 Å². The van der Waals surface area contributed by atoms with Gasteiger partial charge < -0.3 is 10.5 Å². The number of methoxy groups -OCH3 is 1. The number of hydrogen-bond donors (Lipinski definition) is 3. The lowest BCUT2D eigenvalue weighted by atomic mass is 10.0. The fourth-order valence-electron chi connectivity index (χ4n) is 1.42. The van der Waals surface area contributed by atoms with E-state index in [2.05, 4.69) is 26.8 Å². The highest BCUT2D eigenvalue weighted by Gasteiger charge is 2.12. The predicted octanol–water partition coefficient (Wildman–Crippen LogP) is 1.10. The van der Waals surface area contributed by atoms with E-state index >= 15 is 0 Å². The lowest BCUT2D eigenvalue weighted by molar-refractivity contribution is -0.122. The summed E-state index contributed by atoms with van der Waals surface area (Å²) in [7, 11) is 3.23. The fraction of sp³-hybridized carbons (Fsp3) is 0.364. The summed E-state index contributed by atoms with van der Waals surface area (Å²) < 4.78 is 5.94. The molecule has 1 aromatic carbocycles. The number of carbonyl (C=O) groups excluding carboxylic acids is 1. The molecule has 0 fully saturated rings. The van der Waals surface area contributed by atoms with Crippen molar-refractivity contribution >= 4 is 21.8 Å². The number of amides is 1. The van der Waals surface area contributed by atoms with Crippen LogP contribution in [0.5, 0.6) is 5.75 Å². The van der Waals surface area contributed by atoms with Gasteiger partial charge in [-0.3, -0.25) is 10.2 Å². The largest absolute Gasteiger partial charge is 0.496 e. The molecule has 4 N–H and O–H groups in total. The van der Waals surface area contributed by atoms with Crippen molar-refractivity contribution < 1.29 is 9.53 Å². The van der Waals surface area contributed by atoms with Gasteiger partial charge >= 0.3 is 0 Å². The normalized spacial score (nSPS) is 12.0. The third kappa shape index (κ3) is 3.99. The molecule has 17 heavy (non-hydrogen) atoms. The molecule has 0 aliphatic carbocycles. The molecule has 1 atom stereocenters. The van der Waals surface area contributed by atoms with E-state index in [9.17, 15) is 4.79 Å². The van der Waals surface area contributed by atoms with Crippen molar-refractivity contribution in [2.24, 2.45) is 5.73 Å². The van der Waals surface area contributed by atoms with Crippen LogP contribution in [0.4, 0.5) is 0 Å². The molecule has 0 heterocycles. The van der Waals surface area contributed by atoms with Gasteiger partial charge in [-0.15, -0.1) is 0 Å². The van der Waals surface area contributed by atoms with Gasteiger partial charge in [0, 0.05) is 19.5 Å². The Morgan fingerprint density at radius 3 is 2.82 bits per heavy atom.